The Labute approximate surface area is 104 Å². The molecule has 1 aromatic heterocycles. The summed E-state index contributed by atoms with van der Waals surface area (Å²) in [6, 6.07) is 14.5. The van der Waals surface area contributed by atoms with Gasteiger partial charge in [0.1, 0.15) is 0 Å². The summed E-state index contributed by atoms with van der Waals surface area (Å²) in [6.07, 6.45) is 3.58. The molecule has 0 spiro atoms. The number of aromatic nitrogens is 1. The van der Waals surface area contributed by atoms with Crippen LogP contribution in [-0.4, -0.2) is 13.1 Å². The van der Waals surface area contributed by atoms with E-state index < -0.39 is 8.07 Å². The lowest BCUT2D eigenvalue weighted by Gasteiger charge is -2.14. The first kappa shape index (κ1) is 11.6. The molecule has 0 aliphatic carbocycles. The Morgan fingerprint density at radius 3 is 2.41 bits per heavy atom. The maximum atomic E-state index is 4.07. The van der Waals surface area contributed by atoms with Gasteiger partial charge in [-0.2, -0.15) is 0 Å². The molecule has 1 nitrogen and oxygen atoms in total. The van der Waals surface area contributed by atoms with Gasteiger partial charge in [-0.1, -0.05) is 49.3 Å². The van der Waals surface area contributed by atoms with Crippen LogP contribution in [0.25, 0.3) is 0 Å². The Morgan fingerprint density at radius 2 is 1.76 bits per heavy atom. The summed E-state index contributed by atoms with van der Waals surface area (Å²) < 4.78 is 0. The lowest BCUT2D eigenvalue weighted by molar-refractivity contribution is 1.31. The number of benzene rings is 1. The third kappa shape index (κ3) is 3.05. The largest absolute Gasteiger partial charge is 0.263 e. The molecule has 0 amide bonds. The van der Waals surface area contributed by atoms with Gasteiger partial charge in [0.05, 0.1) is 0 Å². The quantitative estimate of drug-likeness (QED) is 0.549. The molecule has 0 bridgehead atoms. The zero-order valence-electron chi connectivity index (χ0n) is 10.1. The van der Waals surface area contributed by atoms with Crippen LogP contribution in [0.4, 0.5) is 0 Å². The van der Waals surface area contributed by atoms with Crippen molar-refractivity contribution in [1.29, 1.82) is 0 Å². The normalized spacial score (nSPS) is 10.5. The SMILES string of the molecule is C[Si](C)(C#Cc1cccnc1)c1ccccc1. The molecule has 1 heterocycles. The van der Waals surface area contributed by atoms with Crippen molar-refractivity contribution in [2.75, 3.05) is 0 Å². The molecule has 0 N–H and O–H groups in total. The van der Waals surface area contributed by atoms with Gasteiger partial charge in [-0.05, 0) is 17.3 Å². The molecule has 0 aliphatic heterocycles. The van der Waals surface area contributed by atoms with E-state index in [-0.39, 0.29) is 0 Å². The molecular weight excluding hydrogens is 222 g/mol. The minimum Gasteiger partial charge on any atom is -0.263 e. The number of hydrogen-bond acceptors (Lipinski definition) is 1. The van der Waals surface area contributed by atoms with Crippen molar-refractivity contribution in [3.05, 3.63) is 60.4 Å². The highest BCUT2D eigenvalue weighted by Gasteiger charge is 2.20. The molecule has 0 saturated heterocycles. The summed E-state index contributed by atoms with van der Waals surface area (Å²) in [5.41, 5.74) is 4.43. The predicted octanol–water partition coefficient (Wildman–Crippen LogP) is 2.59. The van der Waals surface area contributed by atoms with Crippen molar-refractivity contribution in [3.63, 3.8) is 0 Å². The monoisotopic (exact) mass is 237 g/mol. The van der Waals surface area contributed by atoms with Crippen LogP contribution in [0.3, 0.4) is 0 Å². The van der Waals surface area contributed by atoms with Crippen LogP contribution in [0.1, 0.15) is 5.56 Å². The fraction of sp³-hybridized carbons (Fsp3) is 0.133. The highest BCUT2D eigenvalue weighted by molar-refractivity contribution is 6.96. The third-order valence-electron chi connectivity index (χ3n) is 2.68. The van der Waals surface area contributed by atoms with E-state index in [0.29, 0.717) is 0 Å². The van der Waals surface area contributed by atoms with Crippen LogP contribution < -0.4 is 5.19 Å². The van der Waals surface area contributed by atoms with E-state index >= 15 is 0 Å². The summed E-state index contributed by atoms with van der Waals surface area (Å²) in [4.78, 5) is 4.07. The fourth-order valence-corrected chi connectivity index (χ4v) is 3.22. The minimum absolute atomic E-state index is 0.990. The zero-order valence-corrected chi connectivity index (χ0v) is 11.1. The van der Waals surface area contributed by atoms with E-state index in [1.54, 1.807) is 6.20 Å². The molecule has 2 aromatic rings. The van der Waals surface area contributed by atoms with E-state index in [4.69, 9.17) is 0 Å². The van der Waals surface area contributed by atoms with Crippen molar-refractivity contribution in [2.45, 2.75) is 13.1 Å². The standard InChI is InChI=1S/C15H15NSi/c1-17(2,15-8-4-3-5-9-15)12-10-14-7-6-11-16-13-14/h3-9,11,13H,1-2H3. The molecule has 17 heavy (non-hydrogen) atoms. The first-order valence-electron chi connectivity index (χ1n) is 5.67. The van der Waals surface area contributed by atoms with Crippen LogP contribution >= 0.6 is 0 Å². The number of pyridine rings is 1. The molecule has 84 valence electrons. The van der Waals surface area contributed by atoms with Crippen molar-refractivity contribution in [1.82, 2.24) is 4.98 Å². The molecule has 0 saturated carbocycles. The van der Waals surface area contributed by atoms with E-state index in [9.17, 15) is 0 Å². The highest BCUT2D eigenvalue weighted by atomic mass is 28.3. The summed E-state index contributed by atoms with van der Waals surface area (Å²) in [5, 5.41) is 1.37. The summed E-state index contributed by atoms with van der Waals surface area (Å²) >= 11 is 0. The Balaban J connectivity index is 2.27. The van der Waals surface area contributed by atoms with Crippen LogP contribution in [-0.2, 0) is 0 Å². The third-order valence-corrected chi connectivity index (χ3v) is 5.20. The first-order valence-corrected chi connectivity index (χ1v) is 8.67. The highest BCUT2D eigenvalue weighted by Crippen LogP contribution is 2.02. The van der Waals surface area contributed by atoms with Gasteiger partial charge in [-0.25, -0.2) is 0 Å². The molecule has 0 radical (unpaired) electrons. The molecule has 0 unspecified atom stereocenters. The van der Waals surface area contributed by atoms with E-state index in [2.05, 4.69) is 53.8 Å². The van der Waals surface area contributed by atoms with Crippen LogP contribution in [0.2, 0.25) is 13.1 Å². The van der Waals surface area contributed by atoms with Crippen LogP contribution in [0.5, 0.6) is 0 Å². The Hall–Kier alpha value is -1.85. The second-order valence-corrected chi connectivity index (χ2v) is 8.56. The molecule has 0 aliphatic rings. The number of hydrogen-bond donors (Lipinski definition) is 0. The van der Waals surface area contributed by atoms with Gasteiger partial charge in [-0.3, -0.25) is 4.98 Å². The first-order chi connectivity index (χ1) is 8.18. The molecular formula is C15H15NSi. The molecule has 2 rings (SSSR count). The van der Waals surface area contributed by atoms with Gasteiger partial charge >= 0.3 is 0 Å². The fourth-order valence-electron chi connectivity index (χ4n) is 1.59. The van der Waals surface area contributed by atoms with Gasteiger partial charge in [0.15, 0.2) is 8.07 Å². The lowest BCUT2D eigenvalue weighted by atomic mass is 10.3. The van der Waals surface area contributed by atoms with Crippen molar-refractivity contribution in [3.8, 4) is 11.5 Å². The van der Waals surface area contributed by atoms with Gasteiger partial charge in [0.2, 0.25) is 0 Å². The van der Waals surface area contributed by atoms with Gasteiger partial charge in [-0.15, -0.1) is 5.54 Å². The zero-order chi connectivity index (χ0) is 12.1. The summed E-state index contributed by atoms with van der Waals surface area (Å²) in [5.74, 6) is 3.23. The van der Waals surface area contributed by atoms with Crippen molar-refractivity contribution < 1.29 is 0 Å². The second kappa shape index (κ2) is 4.99. The van der Waals surface area contributed by atoms with Crippen molar-refractivity contribution in [2.24, 2.45) is 0 Å². The molecule has 1 aromatic carbocycles. The van der Waals surface area contributed by atoms with Gasteiger partial charge < -0.3 is 0 Å². The average molecular weight is 237 g/mol. The smallest absolute Gasteiger partial charge is 0.163 e. The Bertz CT molecular complexity index is 535. The average Bonchev–Trinajstić information content (AvgIpc) is 2.39. The number of rotatable bonds is 1. The Morgan fingerprint density at radius 1 is 1.00 bits per heavy atom. The molecule has 0 atom stereocenters. The summed E-state index contributed by atoms with van der Waals surface area (Å²) in [6.45, 7) is 4.54. The lowest BCUT2D eigenvalue weighted by Crippen LogP contribution is -2.39. The minimum atomic E-state index is -1.65. The van der Waals surface area contributed by atoms with Gasteiger partial charge in [0.25, 0.3) is 0 Å². The Kier molecular flexibility index (Phi) is 3.41. The van der Waals surface area contributed by atoms with E-state index in [1.807, 2.05) is 24.4 Å². The topological polar surface area (TPSA) is 12.9 Å². The molecule has 0 fully saturated rings. The van der Waals surface area contributed by atoms with Crippen molar-refractivity contribution >= 4 is 13.3 Å². The van der Waals surface area contributed by atoms with Crippen LogP contribution in [0.15, 0.2) is 54.9 Å². The second-order valence-electron chi connectivity index (χ2n) is 4.48. The van der Waals surface area contributed by atoms with E-state index in [1.165, 1.54) is 5.19 Å². The van der Waals surface area contributed by atoms with Crippen LogP contribution in [0, 0.1) is 11.5 Å². The number of nitrogens with zero attached hydrogens (tertiary/aromatic N) is 1. The molecule has 2 heteroatoms. The summed E-state index contributed by atoms with van der Waals surface area (Å²) in [7, 11) is -1.65. The van der Waals surface area contributed by atoms with Gasteiger partial charge in [0, 0.05) is 18.0 Å². The maximum Gasteiger partial charge on any atom is 0.163 e. The predicted molar refractivity (Wildman–Crippen MR) is 74.7 cm³/mol. The maximum absolute atomic E-state index is 4.07. The van der Waals surface area contributed by atoms with E-state index in [0.717, 1.165) is 5.56 Å².